The Bertz CT molecular complexity index is 969. The highest BCUT2D eigenvalue weighted by Crippen LogP contribution is 2.30. The van der Waals surface area contributed by atoms with E-state index >= 15 is 0 Å². The second-order valence-electron chi connectivity index (χ2n) is 8.92. The quantitative estimate of drug-likeness (QED) is 0.513. The second-order valence-corrected chi connectivity index (χ2v) is 8.92. The molecule has 0 spiro atoms. The molecular formula is C27H35FN4O. The molecule has 1 fully saturated rings. The lowest BCUT2D eigenvalue weighted by Crippen LogP contribution is -2.34. The second kappa shape index (κ2) is 11.7. The smallest absolute Gasteiger partial charge is 0.228 e. The molecule has 3 atom stereocenters. The number of rotatable bonds is 10. The average Bonchev–Trinajstić information content (AvgIpc) is 3.30. The van der Waals surface area contributed by atoms with Crippen molar-refractivity contribution < 1.29 is 9.18 Å². The Hall–Kier alpha value is -3.07. The summed E-state index contributed by atoms with van der Waals surface area (Å²) in [7, 11) is 0. The fourth-order valence-electron chi connectivity index (χ4n) is 4.21. The molecule has 0 aliphatic carbocycles. The van der Waals surface area contributed by atoms with Crippen LogP contribution in [0.1, 0.15) is 57.1 Å². The highest BCUT2D eigenvalue weighted by molar-refractivity contribution is 5.83. The van der Waals surface area contributed by atoms with Crippen molar-refractivity contribution in [3.05, 3.63) is 53.5 Å². The van der Waals surface area contributed by atoms with Crippen molar-refractivity contribution in [3.8, 4) is 12.3 Å². The Balaban J connectivity index is 1.52. The molecule has 2 aromatic rings. The van der Waals surface area contributed by atoms with Gasteiger partial charge >= 0.3 is 0 Å². The number of benzene rings is 1. The zero-order valence-corrected chi connectivity index (χ0v) is 19.9. The van der Waals surface area contributed by atoms with Gasteiger partial charge in [-0.25, -0.2) is 9.37 Å². The van der Waals surface area contributed by atoms with Gasteiger partial charge in [-0.05, 0) is 62.6 Å². The molecule has 33 heavy (non-hydrogen) atoms. The minimum atomic E-state index is -0.273. The maximum absolute atomic E-state index is 14.9. The molecule has 1 aliphatic rings. The van der Waals surface area contributed by atoms with Crippen LogP contribution in [0.2, 0.25) is 0 Å². The van der Waals surface area contributed by atoms with E-state index in [2.05, 4.69) is 38.6 Å². The van der Waals surface area contributed by atoms with Gasteiger partial charge in [-0.1, -0.05) is 37.1 Å². The van der Waals surface area contributed by atoms with Crippen LogP contribution in [0.3, 0.4) is 0 Å². The molecule has 176 valence electrons. The van der Waals surface area contributed by atoms with Crippen molar-refractivity contribution in [1.29, 1.82) is 0 Å². The maximum atomic E-state index is 14.9. The summed E-state index contributed by atoms with van der Waals surface area (Å²) in [4.78, 5) is 18.6. The number of anilines is 2. The van der Waals surface area contributed by atoms with Gasteiger partial charge in [0.2, 0.25) is 5.91 Å². The number of terminal acetylenes is 1. The monoisotopic (exact) mass is 450 g/mol. The van der Waals surface area contributed by atoms with Crippen LogP contribution in [0, 0.1) is 24.1 Å². The Morgan fingerprint density at radius 3 is 2.76 bits per heavy atom. The Morgan fingerprint density at radius 2 is 2.06 bits per heavy atom. The van der Waals surface area contributed by atoms with Crippen molar-refractivity contribution >= 4 is 17.4 Å². The van der Waals surface area contributed by atoms with E-state index < -0.39 is 0 Å². The first kappa shape index (κ1) is 24.6. The topological polar surface area (TPSA) is 57.3 Å². The first-order valence-corrected chi connectivity index (χ1v) is 11.9. The van der Waals surface area contributed by atoms with E-state index in [1.165, 1.54) is 5.56 Å². The molecule has 1 aromatic carbocycles. The zero-order chi connectivity index (χ0) is 23.8. The van der Waals surface area contributed by atoms with Crippen LogP contribution in [-0.2, 0) is 11.2 Å². The fourth-order valence-corrected chi connectivity index (χ4v) is 4.21. The number of carbonyl (C=O) groups is 1. The van der Waals surface area contributed by atoms with Crippen LogP contribution in [-0.4, -0.2) is 36.6 Å². The van der Waals surface area contributed by atoms with Gasteiger partial charge in [0.1, 0.15) is 0 Å². The number of aromatic nitrogens is 1. The molecule has 1 aromatic heterocycles. The molecule has 0 radical (unpaired) electrons. The van der Waals surface area contributed by atoms with E-state index in [1.807, 2.05) is 26.0 Å². The normalized spacial score (nSPS) is 17.3. The molecular weight excluding hydrogens is 415 g/mol. The first-order chi connectivity index (χ1) is 15.9. The van der Waals surface area contributed by atoms with E-state index in [1.54, 1.807) is 19.2 Å². The Labute approximate surface area is 197 Å². The number of hydrogen-bond acceptors (Lipinski definition) is 4. The van der Waals surface area contributed by atoms with Gasteiger partial charge in [-0.3, -0.25) is 4.79 Å². The van der Waals surface area contributed by atoms with Crippen molar-refractivity contribution in [2.75, 3.05) is 29.9 Å². The Kier molecular flexibility index (Phi) is 8.71. The summed E-state index contributed by atoms with van der Waals surface area (Å²) < 4.78 is 14.9. The highest BCUT2D eigenvalue weighted by atomic mass is 19.1. The van der Waals surface area contributed by atoms with Crippen molar-refractivity contribution in [2.45, 2.75) is 58.4 Å². The number of pyridine rings is 1. The summed E-state index contributed by atoms with van der Waals surface area (Å²) in [5.74, 6) is 2.83. The van der Waals surface area contributed by atoms with E-state index in [0.717, 1.165) is 44.3 Å². The molecule has 1 aliphatic heterocycles. The average molecular weight is 451 g/mol. The van der Waals surface area contributed by atoms with E-state index in [4.69, 9.17) is 6.42 Å². The van der Waals surface area contributed by atoms with Gasteiger partial charge in [0.15, 0.2) is 11.6 Å². The zero-order valence-electron chi connectivity index (χ0n) is 19.9. The number of nitrogens with zero attached hydrogens (tertiary/aromatic N) is 2. The van der Waals surface area contributed by atoms with Gasteiger partial charge < -0.3 is 15.5 Å². The number of carbonyl (C=O) groups excluding carboxylic acids is 1. The van der Waals surface area contributed by atoms with Crippen LogP contribution in [0.15, 0.2) is 36.5 Å². The highest BCUT2D eigenvalue weighted by Gasteiger charge is 2.25. The lowest BCUT2D eigenvalue weighted by molar-refractivity contribution is -0.122. The van der Waals surface area contributed by atoms with E-state index in [0.29, 0.717) is 24.0 Å². The van der Waals surface area contributed by atoms with Crippen molar-refractivity contribution in [2.24, 2.45) is 5.92 Å². The minimum absolute atomic E-state index is 0.0596. The fraction of sp³-hybridized carbons (Fsp3) is 0.481. The minimum Gasteiger partial charge on any atom is -0.369 e. The summed E-state index contributed by atoms with van der Waals surface area (Å²) in [5, 5.41) is 5.89. The predicted molar refractivity (Wildman–Crippen MR) is 133 cm³/mol. The molecule has 2 N–H and O–H groups in total. The number of hydrogen-bond donors (Lipinski definition) is 2. The summed E-state index contributed by atoms with van der Waals surface area (Å²) in [6.07, 6.45) is 11.0. The van der Waals surface area contributed by atoms with Gasteiger partial charge in [-0.15, -0.1) is 6.42 Å². The van der Waals surface area contributed by atoms with Gasteiger partial charge in [0, 0.05) is 25.8 Å². The molecule has 6 heteroatoms. The van der Waals surface area contributed by atoms with Gasteiger partial charge in [0.25, 0.3) is 0 Å². The molecule has 1 amide bonds. The molecule has 0 bridgehead atoms. The summed E-state index contributed by atoms with van der Waals surface area (Å²) in [6, 6.07) is 9.76. The summed E-state index contributed by atoms with van der Waals surface area (Å²) >= 11 is 0. The van der Waals surface area contributed by atoms with Crippen LogP contribution in [0.25, 0.3) is 0 Å². The van der Waals surface area contributed by atoms with Crippen LogP contribution in [0.4, 0.5) is 15.9 Å². The first-order valence-electron chi connectivity index (χ1n) is 11.9. The molecule has 2 unspecified atom stereocenters. The molecule has 0 saturated carbocycles. The number of aryl methyl sites for hydroxylation is 1. The lowest BCUT2D eigenvalue weighted by atomic mass is 9.95. The largest absolute Gasteiger partial charge is 0.369 e. The van der Waals surface area contributed by atoms with Crippen molar-refractivity contribution in [1.82, 2.24) is 10.3 Å². The van der Waals surface area contributed by atoms with Crippen LogP contribution in [0.5, 0.6) is 0 Å². The standard InChI is InChI=1S/C27H35FN4O/c1-5-15-29-26-25(28)24(13-16-30-26)32-17-14-22(18-32)8-7-21-9-11-23(12-10-21)20(4)27(33)31-19(3)6-2/h2,9-13,16,19-20,22H,5,7-8,14-15,17-18H2,1,3-4H3,(H,29,30)(H,31,33)/t19?,20?,22-/m1/s1. The Morgan fingerprint density at radius 1 is 1.30 bits per heavy atom. The molecule has 2 heterocycles. The maximum Gasteiger partial charge on any atom is 0.228 e. The number of halogens is 1. The molecule has 5 nitrogen and oxygen atoms in total. The van der Waals surface area contributed by atoms with Crippen LogP contribution >= 0.6 is 0 Å². The van der Waals surface area contributed by atoms with E-state index in [-0.39, 0.29) is 23.7 Å². The molecule has 3 rings (SSSR count). The van der Waals surface area contributed by atoms with Gasteiger partial charge in [-0.2, -0.15) is 0 Å². The summed E-state index contributed by atoms with van der Waals surface area (Å²) in [6.45, 7) is 8.16. The molecule has 1 saturated heterocycles. The van der Waals surface area contributed by atoms with Crippen LogP contribution < -0.4 is 15.5 Å². The number of nitrogens with one attached hydrogen (secondary N) is 2. The third kappa shape index (κ3) is 6.47. The third-order valence-electron chi connectivity index (χ3n) is 6.36. The lowest BCUT2D eigenvalue weighted by Gasteiger charge is -2.20. The van der Waals surface area contributed by atoms with Crippen molar-refractivity contribution in [3.63, 3.8) is 0 Å². The predicted octanol–water partition coefficient (Wildman–Crippen LogP) is 4.74. The SMILES string of the molecule is C#CC(C)NC(=O)C(C)c1ccc(CC[C@@H]2CCN(c3ccnc(NCCC)c3F)C2)cc1. The third-order valence-corrected chi connectivity index (χ3v) is 6.36. The van der Waals surface area contributed by atoms with Gasteiger partial charge in [0.05, 0.1) is 17.6 Å². The summed E-state index contributed by atoms with van der Waals surface area (Å²) in [5.41, 5.74) is 2.87. The number of amides is 1. The van der Waals surface area contributed by atoms with E-state index in [9.17, 15) is 9.18 Å².